The third-order valence-electron chi connectivity index (χ3n) is 2.59. The maximum atomic E-state index is 11.7. The standard InChI is InChI=1S/C14H22N2O3/c1-4-11(15)14(17)16-10-7-8-12(18-5-2)13(9-10)19-6-3/h7-9,11H,4-6,15H2,1-3H3,(H,16,17). The number of hydrogen-bond acceptors (Lipinski definition) is 4. The first-order valence-corrected chi connectivity index (χ1v) is 6.58. The van der Waals surface area contributed by atoms with E-state index in [2.05, 4.69) is 5.32 Å². The molecule has 5 nitrogen and oxygen atoms in total. The molecule has 0 fully saturated rings. The van der Waals surface area contributed by atoms with Gasteiger partial charge in [-0.3, -0.25) is 4.79 Å². The lowest BCUT2D eigenvalue weighted by Crippen LogP contribution is -2.34. The normalized spacial score (nSPS) is 11.8. The minimum atomic E-state index is -0.498. The van der Waals surface area contributed by atoms with Gasteiger partial charge >= 0.3 is 0 Å². The van der Waals surface area contributed by atoms with Crippen LogP contribution in [0.5, 0.6) is 11.5 Å². The number of carbonyl (C=O) groups excluding carboxylic acids is 1. The van der Waals surface area contributed by atoms with Crippen LogP contribution in [-0.2, 0) is 4.79 Å². The molecule has 1 aromatic carbocycles. The summed E-state index contributed by atoms with van der Waals surface area (Å²) in [6, 6.07) is 4.80. The molecule has 0 spiro atoms. The smallest absolute Gasteiger partial charge is 0.241 e. The molecule has 0 bridgehead atoms. The summed E-state index contributed by atoms with van der Waals surface area (Å²) in [4.78, 5) is 11.7. The third-order valence-corrected chi connectivity index (χ3v) is 2.59. The highest BCUT2D eigenvalue weighted by Gasteiger charge is 2.12. The Balaban J connectivity index is 2.85. The molecule has 1 atom stereocenters. The molecule has 0 saturated heterocycles. The van der Waals surface area contributed by atoms with Crippen molar-refractivity contribution in [3.05, 3.63) is 18.2 Å². The third kappa shape index (κ3) is 4.44. The zero-order valence-electron chi connectivity index (χ0n) is 11.7. The molecule has 106 valence electrons. The summed E-state index contributed by atoms with van der Waals surface area (Å²) < 4.78 is 10.9. The van der Waals surface area contributed by atoms with E-state index in [1.165, 1.54) is 0 Å². The average molecular weight is 266 g/mol. The van der Waals surface area contributed by atoms with E-state index in [1.54, 1.807) is 18.2 Å². The molecular weight excluding hydrogens is 244 g/mol. The van der Waals surface area contributed by atoms with E-state index in [9.17, 15) is 4.79 Å². The summed E-state index contributed by atoms with van der Waals surface area (Å²) in [6.45, 7) is 6.77. The van der Waals surface area contributed by atoms with E-state index in [4.69, 9.17) is 15.2 Å². The minimum Gasteiger partial charge on any atom is -0.490 e. The number of hydrogen-bond donors (Lipinski definition) is 2. The van der Waals surface area contributed by atoms with Crippen molar-refractivity contribution in [1.82, 2.24) is 0 Å². The summed E-state index contributed by atoms with van der Waals surface area (Å²) >= 11 is 0. The predicted molar refractivity (Wildman–Crippen MR) is 75.7 cm³/mol. The van der Waals surface area contributed by atoms with Crippen LogP contribution >= 0.6 is 0 Å². The molecule has 1 amide bonds. The van der Waals surface area contributed by atoms with Gasteiger partial charge in [0.25, 0.3) is 0 Å². The fourth-order valence-electron chi connectivity index (χ4n) is 1.55. The van der Waals surface area contributed by atoms with Crippen molar-refractivity contribution in [3.8, 4) is 11.5 Å². The van der Waals surface area contributed by atoms with Crippen LogP contribution in [-0.4, -0.2) is 25.2 Å². The summed E-state index contributed by atoms with van der Waals surface area (Å²) in [6.07, 6.45) is 0.598. The predicted octanol–water partition coefficient (Wildman–Crippen LogP) is 2.16. The first-order chi connectivity index (χ1) is 9.12. The van der Waals surface area contributed by atoms with Gasteiger partial charge in [0, 0.05) is 11.8 Å². The Labute approximate surface area is 114 Å². The largest absolute Gasteiger partial charge is 0.490 e. The molecule has 1 aromatic rings. The van der Waals surface area contributed by atoms with Crippen LogP contribution in [0.4, 0.5) is 5.69 Å². The van der Waals surface area contributed by atoms with Gasteiger partial charge in [-0.1, -0.05) is 6.92 Å². The van der Waals surface area contributed by atoms with E-state index in [0.717, 1.165) is 0 Å². The fraction of sp³-hybridized carbons (Fsp3) is 0.500. The Morgan fingerprint density at radius 1 is 1.21 bits per heavy atom. The summed E-state index contributed by atoms with van der Waals surface area (Å²) in [5.41, 5.74) is 6.32. The Hall–Kier alpha value is -1.75. The van der Waals surface area contributed by atoms with Crippen LogP contribution < -0.4 is 20.5 Å². The number of rotatable bonds is 7. The molecule has 1 rings (SSSR count). The van der Waals surface area contributed by atoms with E-state index in [-0.39, 0.29) is 5.91 Å². The first kappa shape index (κ1) is 15.3. The van der Waals surface area contributed by atoms with Crippen molar-refractivity contribution in [3.63, 3.8) is 0 Å². The molecule has 5 heteroatoms. The second-order valence-electron chi connectivity index (χ2n) is 4.03. The molecule has 0 aliphatic carbocycles. The lowest BCUT2D eigenvalue weighted by Gasteiger charge is -2.14. The average Bonchev–Trinajstić information content (AvgIpc) is 2.41. The monoisotopic (exact) mass is 266 g/mol. The van der Waals surface area contributed by atoms with Crippen molar-refractivity contribution in [2.24, 2.45) is 5.73 Å². The van der Waals surface area contributed by atoms with Gasteiger partial charge in [0.1, 0.15) is 0 Å². The number of nitrogens with two attached hydrogens (primary N) is 1. The van der Waals surface area contributed by atoms with Crippen molar-refractivity contribution in [2.45, 2.75) is 33.2 Å². The Kier molecular flexibility index (Phi) is 6.15. The first-order valence-electron chi connectivity index (χ1n) is 6.58. The van der Waals surface area contributed by atoms with Gasteiger partial charge in [-0.05, 0) is 32.4 Å². The second kappa shape index (κ2) is 7.63. The molecule has 0 aliphatic rings. The van der Waals surface area contributed by atoms with Crippen LogP contribution in [0.15, 0.2) is 18.2 Å². The van der Waals surface area contributed by atoms with Gasteiger partial charge < -0.3 is 20.5 Å². The minimum absolute atomic E-state index is 0.200. The number of nitrogens with one attached hydrogen (secondary N) is 1. The van der Waals surface area contributed by atoms with E-state index < -0.39 is 6.04 Å². The molecule has 1 unspecified atom stereocenters. The molecule has 19 heavy (non-hydrogen) atoms. The number of benzene rings is 1. The summed E-state index contributed by atoms with van der Waals surface area (Å²) in [7, 11) is 0. The van der Waals surface area contributed by atoms with Crippen LogP contribution in [0, 0.1) is 0 Å². The molecule has 0 saturated carbocycles. The number of amides is 1. The van der Waals surface area contributed by atoms with Gasteiger partial charge in [0.05, 0.1) is 19.3 Å². The van der Waals surface area contributed by atoms with Crippen molar-refractivity contribution in [1.29, 1.82) is 0 Å². The molecule has 0 heterocycles. The van der Waals surface area contributed by atoms with Gasteiger partial charge in [0.15, 0.2) is 11.5 Å². The molecule has 3 N–H and O–H groups in total. The molecular formula is C14H22N2O3. The zero-order valence-corrected chi connectivity index (χ0v) is 11.7. The molecule has 0 aliphatic heterocycles. The second-order valence-corrected chi connectivity index (χ2v) is 4.03. The van der Waals surface area contributed by atoms with Gasteiger partial charge in [0.2, 0.25) is 5.91 Å². The summed E-state index contributed by atoms with van der Waals surface area (Å²) in [5, 5.41) is 2.76. The number of ether oxygens (including phenoxy) is 2. The lowest BCUT2D eigenvalue weighted by atomic mass is 10.2. The highest BCUT2D eigenvalue weighted by Crippen LogP contribution is 2.30. The highest BCUT2D eigenvalue weighted by atomic mass is 16.5. The van der Waals surface area contributed by atoms with Crippen LogP contribution in [0.1, 0.15) is 27.2 Å². The quantitative estimate of drug-likeness (QED) is 0.793. The van der Waals surface area contributed by atoms with Crippen LogP contribution in [0.3, 0.4) is 0 Å². The topological polar surface area (TPSA) is 73.6 Å². The number of carbonyl (C=O) groups is 1. The maximum Gasteiger partial charge on any atom is 0.241 e. The fourth-order valence-corrected chi connectivity index (χ4v) is 1.55. The molecule has 0 aromatic heterocycles. The summed E-state index contributed by atoms with van der Waals surface area (Å²) in [5.74, 6) is 1.09. The van der Waals surface area contributed by atoms with Crippen molar-refractivity contribution < 1.29 is 14.3 Å². The van der Waals surface area contributed by atoms with Gasteiger partial charge in [-0.25, -0.2) is 0 Å². The van der Waals surface area contributed by atoms with Crippen molar-refractivity contribution in [2.75, 3.05) is 18.5 Å². The number of anilines is 1. The van der Waals surface area contributed by atoms with E-state index >= 15 is 0 Å². The Morgan fingerprint density at radius 3 is 2.42 bits per heavy atom. The van der Waals surface area contributed by atoms with Gasteiger partial charge in [-0.15, -0.1) is 0 Å². The van der Waals surface area contributed by atoms with E-state index in [1.807, 2.05) is 20.8 Å². The Bertz CT molecular complexity index is 421. The Morgan fingerprint density at radius 2 is 1.84 bits per heavy atom. The molecule has 0 radical (unpaired) electrons. The lowest BCUT2D eigenvalue weighted by molar-refractivity contribution is -0.117. The zero-order chi connectivity index (χ0) is 14.3. The SMILES string of the molecule is CCOc1ccc(NC(=O)C(N)CC)cc1OCC. The van der Waals surface area contributed by atoms with E-state index in [0.29, 0.717) is 36.8 Å². The highest BCUT2D eigenvalue weighted by molar-refractivity contribution is 5.94. The van der Waals surface area contributed by atoms with Crippen LogP contribution in [0.2, 0.25) is 0 Å². The van der Waals surface area contributed by atoms with Gasteiger partial charge in [-0.2, -0.15) is 0 Å². The maximum absolute atomic E-state index is 11.7. The van der Waals surface area contributed by atoms with Crippen LogP contribution in [0.25, 0.3) is 0 Å². The van der Waals surface area contributed by atoms with Crippen molar-refractivity contribution >= 4 is 11.6 Å².